The van der Waals surface area contributed by atoms with Crippen LogP contribution in [0.1, 0.15) is 12.0 Å². The van der Waals surface area contributed by atoms with Crippen molar-refractivity contribution in [2.75, 3.05) is 19.1 Å². The molecule has 0 saturated carbocycles. The summed E-state index contributed by atoms with van der Waals surface area (Å²) in [5.41, 5.74) is 6.33. The van der Waals surface area contributed by atoms with Crippen LogP contribution in [-0.2, 0) is 16.0 Å². The van der Waals surface area contributed by atoms with E-state index in [1.807, 2.05) is 48.5 Å². The summed E-state index contributed by atoms with van der Waals surface area (Å²) in [6.07, 6.45) is 1.45. The van der Waals surface area contributed by atoms with E-state index in [0.717, 1.165) is 24.4 Å². The van der Waals surface area contributed by atoms with Gasteiger partial charge in [0.15, 0.2) is 0 Å². The maximum absolute atomic E-state index is 11.8. The third-order valence-electron chi connectivity index (χ3n) is 4.42. The van der Waals surface area contributed by atoms with Crippen molar-refractivity contribution in [3.8, 4) is 0 Å². The van der Waals surface area contributed by atoms with E-state index in [-0.39, 0.29) is 17.9 Å². The number of methoxy groups -OCH3 is 1. The van der Waals surface area contributed by atoms with E-state index >= 15 is 0 Å². The van der Waals surface area contributed by atoms with E-state index < -0.39 is 0 Å². The van der Waals surface area contributed by atoms with Crippen LogP contribution >= 0.6 is 0 Å². The molecule has 0 bridgehead atoms. The van der Waals surface area contributed by atoms with Gasteiger partial charge >= 0.3 is 5.97 Å². The second kappa shape index (κ2) is 8.44. The second-order valence-corrected chi connectivity index (χ2v) is 6.16. The van der Waals surface area contributed by atoms with Gasteiger partial charge in [0.25, 0.3) is 0 Å². The van der Waals surface area contributed by atoms with Crippen molar-refractivity contribution in [2.24, 2.45) is 11.0 Å². The molecule has 5 nitrogen and oxygen atoms in total. The molecule has 3 rings (SSSR count). The molecule has 0 spiro atoms. The highest BCUT2D eigenvalue weighted by molar-refractivity contribution is 5.91. The number of benzene rings is 2. The minimum atomic E-state index is -0.257. The van der Waals surface area contributed by atoms with Crippen LogP contribution in [0.5, 0.6) is 0 Å². The molecular weight excluding hydrogens is 314 g/mol. The zero-order valence-corrected chi connectivity index (χ0v) is 14.3. The average molecular weight is 337 g/mol. The number of rotatable bonds is 6. The van der Waals surface area contributed by atoms with E-state index in [4.69, 9.17) is 4.74 Å². The van der Waals surface area contributed by atoms with Crippen molar-refractivity contribution in [3.05, 3.63) is 66.2 Å². The van der Waals surface area contributed by atoms with Gasteiger partial charge in [-0.25, -0.2) is 0 Å². The number of esters is 1. The molecule has 130 valence electrons. The Hall–Kier alpha value is -2.66. The molecule has 0 amide bonds. The number of hydrogen-bond donors (Lipinski definition) is 2. The number of para-hydroxylation sites is 1. The first-order chi connectivity index (χ1) is 12.3. The Kier molecular flexibility index (Phi) is 5.80. The van der Waals surface area contributed by atoms with Crippen molar-refractivity contribution >= 4 is 17.4 Å². The zero-order valence-electron chi connectivity index (χ0n) is 14.3. The van der Waals surface area contributed by atoms with Gasteiger partial charge < -0.3 is 10.1 Å². The smallest absolute Gasteiger partial charge is 0.322 e. The van der Waals surface area contributed by atoms with E-state index in [9.17, 15) is 4.79 Å². The lowest BCUT2D eigenvalue weighted by atomic mass is 9.94. The van der Waals surface area contributed by atoms with E-state index in [0.29, 0.717) is 6.42 Å². The van der Waals surface area contributed by atoms with Crippen molar-refractivity contribution in [2.45, 2.75) is 18.9 Å². The van der Waals surface area contributed by atoms with Crippen LogP contribution in [0.2, 0.25) is 0 Å². The highest BCUT2D eigenvalue weighted by Gasteiger charge is 2.33. The summed E-state index contributed by atoms with van der Waals surface area (Å²) in [4.78, 5) is 11.8. The Morgan fingerprint density at radius 2 is 1.84 bits per heavy atom. The van der Waals surface area contributed by atoms with Crippen LogP contribution in [0.15, 0.2) is 65.8 Å². The molecule has 0 aromatic heterocycles. The standard InChI is InChI=1S/C20H23N3O2/c1-25-20(24)19-13-16(14-21-19)18(12-15-8-4-2-5-9-15)23-22-17-10-6-3-7-11-17/h2-11,16,19,21-22H,12-14H2,1H3/b23-18-. The number of nitrogens with one attached hydrogen (secondary N) is 2. The molecule has 1 aliphatic rings. The molecule has 2 aromatic rings. The summed E-state index contributed by atoms with van der Waals surface area (Å²) in [7, 11) is 1.42. The maximum atomic E-state index is 11.8. The molecule has 0 radical (unpaired) electrons. The fraction of sp³-hybridized carbons (Fsp3) is 0.300. The second-order valence-electron chi connectivity index (χ2n) is 6.16. The zero-order chi connectivity index (χ0) is 17.5. The maximum Gasteiger partial charge on any atom is 0.322 e. The molecule has 25 heavy (non-hydrogen) atoms. The molecule has 0 aliphatic carbocycles. The first-order valence-electron chi connectivity index (χ1n) is 8.49. The average Bonchev–Trinajstić information content (AvgIpc) is 3.16. The Balaban J connectivity index is 1.76. The first-order valence-corrected chi connectivity index (χ1v) is 8.49. The molecule has 1 fully saturated rings. The monoisotopic (exact) mass is 337 g/mol. The van der Waals surface area contributed by atoms with Crippen LogP contribution < -0.4 is 10.7 Å². The quantitative estimate of drug-likeness (QED) is 0.483. The Bertz CT molecular complexity index is 716. The van der Waals surface area contributed by atoms with Crippen LogP contribution in [0.4, 0.5) is 5.69 Å². The number of carbonyl (C=O) groups is 1. The minimum Gasteiger partial charge on any atom is -0.468 e. The fourth-order valence-electron chi connectivity index (χ4n) is 3.04. The predicted molar refractivity (Wildman–Crippen MR) is 99.6 cm³/mol. The summed E-state index contributed by atoms with van der Waals surface area (Å²) < 4.78 is 4.85. The summed E-state index contributed by atoms with van der Waals surface area (Å²) in [6.45, 7) is 0.724. The molecule has 1 saturated heterocycles. The minimum absolute atomic E-state index is 0.195. The molecular formula is C20H23N3O2. The summed E-state index contributed by atoms with van der Waals surface area (Å²) in [5, 5.41) is 7.90. The topological polar surface area (TPSA) is 62.7 Å². The molecule has 1 heterocycles. The van der Waals surface area contributed by atoms with Gasteiger partial charge in [0, 0.05) is 24.6 Å². The van der Waals surface area contributed by atoms with Crippen LogP contribution in [0, 0.1) is 5.92 Å². The third-order valence-corrected chi connectivity index (χ3v) is 4.42. The van der Waals surface area contributed by atoms with Gasteiger partial charge in [0.05, 0.1) is 12.8 Å². The normalized spacial score (nSPS) is 20.3. The van der Waals surface area contributed by atoms with Gasteiger partial charge in [-0.05, 0) is 24.1 Å². The van der Waals surface area contributed by atoms with Crippen molar-refractivity contribution in [3.63, 3.8) is 0 Å². The van der Waals surface area contributed by atoms with Crippen LogP contribution in [0.3, 0.4) is 0 Å². The van der Waals surface area contributed by atoms with E-state index in [2.05, 4.69) is 28.0 Å². The lowest BCUT2D eigenvalue weighted by Crippen LogP contribution is -2.31. The van der Waals surface area contributed by atoms with Gasteiger partial charge in [-0.2, -0.15) is 5.10 Å². The largest absolute Gasteiger partial charge is 0.468 e. The lowest BCUT2D eigenvalue weighted by Gasteiger charge is -2.14. The van der Waals surface area contributed by atoms with Crippen molar-refractivity contribution in [1.29, 1.82) is 0 Å². The molecule has 2 aromatic carbocycles. The van der Waals surface area contributed by atoms with Crippen LogP contribution in [-0.4, -0.2) is 31.4 Å². The molecule has 2 N–H and O–H groups in total. The summed E-state index contributed by atoms with van der Waals surface area (Å²) >= 11 is 0. The van der Waals surface area contributed by atoms with Crippen molar-refractivity contribution in [1.82, 2.24) is 5.32 Å². The Morgan fingerprint density at radius 3 is 2.52 bits per heavy atom. The van der Waals surface area contributed by atoms with Gasteiger partial charge in [0.2, 0.25) is 0 Å². The predicted octanol–water partition coefficient (Wildman–Crippen LogP) is 2.85. The molecule has 1 aliphatic heterocycles. The van der Waals surface area contributed by atoms with Crippen molar-refractivity contribution < 1.29 is 9.53 Å². The SMILES string of the molecule is COC(=O)C1CC(/C(Cc2ccccc2)=N\Nc2ccccc2)CN1. The lowest BCUT2D eigenvalue weighted by molar-refractivity contribution is -0.142. The van der Waals surface area contributed by atoms with E-state index in [1.54, 1.807) is 0 Å². The van der Waals surface area contributed by atoms with Gasteiger partial charge in [-0.3, -0.25) is 10.2 Å². The number of nitrogens with zero attached hydrogens (tertiary/aromatic N) is 1. The highest BCUT2D eigenvalue weighted by atomic mass is 16.5. The summed E-state index contributed by atoms with van der Waals surface area (Å²) in [5.74, 6) is -0.0156. The van der Waals surface area contributed by atoms with Gasteiger partial charge in [-0.1, -0.05) is 48.5 Å². The third kappa shape index (κ3) is 4.67. The highest BCUT2D eigenvalue weighted by Crippen LogP contribution is 2.20. The van der Waals surface area contributed by atoms with E-state index in [1.165, 1.54) is 12.7 Å². The number of ether oxygens (including phenoxy) is 1. The fourth-order valence-corrected chi connectivity index (χ4v) is 3.04. The van der Waals surface area contributed by atoms with Crippen LogP contribution in [0.25, 0.3) is 0 Å². The number of hydrogen-bond acceptors (Lipinski definition) is 5. The molecule has 5 heteroatoms. The summed E-state index contributed by atoms with van der Waals surface area (Å²) in [6, 6.07) is 19.9. The van der Waals surface area contributed by atoms with Gasteiger partial charge in [0.1, 0.15) is 6.04 Å². The molecule has 2 atom stereocenters. The number of hydrazone groups is 1. The number of anilines is 1. The molecule has 2 unspecified atom stereocenters. The first kappa shape index (κ1) is 17.2. The Labute approximate surface area is 148 Å². The number of carbonyl (C=O) groups excluding carboxylic acids is 1. The van der Waals surface area contributed by atoms with Gasteiger partial charge in [-0.15, -0.1) is 0 Å². The Morgan fingerprint density at radius 1 is 1.16 bits per heavy atom.